The molecule has 0 spiro atoms. The van der Waals surface area contributed by atoms with Gasteiger partial charge in [-0.15, -0.1) is 11.8 Å². The minimum Gasteiger partial charge on any atom is -0.264 e. The molecule has 104 valence electrons. The molecule has 0 amide bonds. The maximum absolute atomic E-state index is 10.9. The Balaban J connectivity index is 2.21. The summed E-state index contributed by atoms with van der Waals surface area (Å²) >= 11 is 7.33. The van der Waals surface area contributed by atoms with Crippen molar-refractivity contribution in [3.63, 3.8) is 0 Å². The summed E-state index contributed by atoms with van der Waals surface area (Å²) in [5.41, 5.74) is 2.11. The number of benzene rings is 2. The molecule has 0 radical (unpaired) electrons. The van der Waals surface area contributed by atoms with Crippen LogP contribution in [0.25, 0.3) is 0 Å². The lowest BCUT2D eigenvalue weighted by molar-refractivity contribution is -0.479. The van der Waals surface area contributed by atoms with Crippen molar-refractivity contribution >= 4 is 23.4 Å². The third kappa shape index (κ3) is 4.25. The lowest BCUT2D eigenvalue weighted by Gasteiger charge is -2.13. The number of nitro groups is 1. The van der Waals surface area contributed by atoms with Gasteiger partial charge in [0.1, 0.15) is 0 Å². The SMILES string of the molecule is Cc1ccc(C(C[N+](=O)[O-])Sc2ccc(Cl)cc2)cc1. The average molecular weight is 308 g/mol. The quantitative estimate of drug-likeness (QED) is 0.454. The molecule has 0 bridgehead atoms. The van der Waals surface area contributed by atoms with E-state index in [-0.39, 0.29) is 16.7 Å². The second-order valence-electron chi connectivity index (χ2n) is 4.49. The highest BCUT2D eigenvalue weighted by atomic mass is 35.5. The molecule has 0 N–H and O–H groups in total. The van der Waals surface area contributed by atoms with Gasteiger partial charge in [0, 0.05) is 14.8 Å². The summed E-state index contributed by atoms with van der Waals surface area (Å²) in [6.07, 6.45) is 0. The normalized spacial score (nSPS) is 12.1. The van der Waals surface area contributed by atoms with Crippen LogP contribution in [0, 0.1) is 17.0 Å². The van der Waals surface area contributed by atoms with Gasteiger partial charge in [-0.05, 0) is 36.8 Å². The van der Waals surface area contributed by atoms with Crippen molar-refractivity contribution in [2.75, 3.05) is 6.54 Å². The van der Waals surface area contributed by atoms with Crippen molar-refractivity contribution in [3.05, 3.63) is 74.8 Å². The van der Waals surface area contributed by atoms with Crippen LogP contribution in [-0.2, 0) is 0 Å². The highest BCUT2D eigenvalue weighted by Crippen LogP contribution is 2.35. The van der Waals surface area contributed by atoms with E-state index >= 15 is 0 Å². The van der Waals surface area contributed by atoms with Crippen LogP contribution in [0.4, 0.5) is 0 Å². The van der Waals surface area contributed by atoms with Crippen LogP contribution >= 0.6 is 23.4 Å². The van der Waals surface area contributed by atoms with Gasteiger partial charge in [0.15, 0.2) is 0 Å². The number of thioether (sulfide) groups is 1. The van der Waals surface area contributed by atoms with Crippen molar-refractivity contribution < 1.29 is 4.92 Å². The van der Waals surface area contributed by atoms with Crippen molar-refractivity contribution in [1.29, 1.82) is 0 Å². The van der Waals surface area contributed by atoms with Gasteiger partial charge in [-0.3, -0.25) is 10.1 Å². The van der Waals surface area contributed by atoms with Gasteiger partial charge in [-0.1, -0.05) is 41.4 Å². The van der Waals surface area contributed by atoms with Crippen LogP contribution in [-0.4, -0.2) is 11.5 Å². The molecule has 1 unspecified atom stereocenters. The molecule has 0 heterocycles. The summed E-state index contributed by atoms with van der Waals surface area (Å²) in [4.78, 5) is 11.6. The molecule has 0 aliphatic rings. The summed E-state index contributed by atoms with van der Waals surface area (Å²) in [7, 11) is 0. The Bertz CT molecular complexity index is 584. The molecule has 2 aromatic carbocycles. The van der Waals surface area contributed by atoms with E-state index in [4.69, 9.17) is 11.6 Å². The van der Waals surface area contributed by atoms with Gasteiger partial charge < -0.3 is 0 Å². The summed E-state index contributed by atoms with van der Waals surface area (Å²) < 4.78 is 0. The number of halogens is 1. The average Bonchev–Trinajstić information content (AvgIpc) is 2.41. The van der Waals surface area contributed by atoms with Crippen molar-refractivity contribution in [3.8, 4) is 0 Å². The molecule has 0 aliphatic heterocycles. The Morgan fingerprint density at radius 2 is 1.75 bits per heavy atom. The molecule has 3 nitrogen and oxygen atoms in total. The number of nitrogens with zero attached hydrogens (tertiary/aromatic N) is 1. The van der Waals surface area contributed by atoms with Crippen LogP contribution < -0.4 is 0 Å². The summed E-state index contributed by atoms with van der Waals surface area (Å²) in [5, 5.41) is 11.3. The Hall–Kier alpha value is -1.52. The first kappa shape index (κ1) is 14.9. The molecule has 0 aromatic heterocycles. The first-order chi connectivity index (χ1) is 9.54. The van der Waals surface area contributed by atoms with Crippen molar-refractivity contribution in [2.24, 2.45) is 0 Å². The maximum Gasteiger partial charge on any atom is 0.220 e. The molecule has 1 atom stereocenters. The standard InChI is InChI=1S/C15H14ClNO2S/c1-11-2-4-12(5-3-11)15(10-17(18)19)20-14-8-6-13(16)7-9-14/h2-9,15H,10H2,1H3. The molecule has 0 fully saturated rings. The Morgan fingerprint density at radius 1 is 1.15 bits per heavy atom. The fourth-order valence-electron chi connectivity index (χ4n) is 1.80. The smallest absolute Gasteiger partial charge is 0.220 e. The number of aryl methyl sites for hydroxylation is 1. The van der Waals surface area contributed by atoms with Crippen molar-refractivity contribution in [1.82, 2.24) is 0 Å². The van der Waals surface area contributed by atoms with E-state index in [2.05, 4.69) is 0 Å². The van der Waals surface area contributed by atoms with E-state index in [0.29, 0.717) is 5.02 Å². The lowest BCUT2D eigenvalue weighted by atomic mass is 10.1. The topological polar surface area (TPSA) is 43.1 Å². The van der Waals surface area contributed by atoms with Gasteiger partial charge in [0.25, 0.3) is 0 Å². The number of hydrogen-bond acceptors (Lipinski definition) is 3. The van der Waals surface area contributed by atoms with E-state index in [1.54, 1.807) is 12.1 Å². The summed E-state index contributed by atoms with van der Waals surface area (Å²) in [6.45, 7) is 1.90. The minimum atomic E-state index is -0.270. The van der Waals surface area contributed by atoms with Gasteiger partial charge in [-0.2, -0.15) is 0 Å². The van der Waals surface area contributed by atoms with Crippen LogP contribution in [0.1, 0.15) is 16.4 Å². The third-order valence-electron chi connectivity index (χ3n) is 2.86. The molecule has 5 heteroatoms. The Morgan fingerprint density at radius 3 is 2.30 bits per heavy atom. The van der Waals surface area contributed by atoms with E-state index < -0.39 is 0 Å². The lowest BCUT2D eigenvalue weighted by Crippen LogP contribution is -2.09. The molecule has 20 heavy (non-hydrogen) atoms. The molecule has 0 saturated heterocycles. The van der Waals surface area contributed by atoms with Crippen LogP contribution in [0.2, 0.25) is 5.02 Å². The predicted molar refractivity (Wildman–Crippen MR) is 83.1 cm³/mol. The first-order valence-corrected chi connectivity index (χ1v) is 7.41. The van der Waals surface area contributed by atoms with E-state index in [0.717, 1.165) is 16.0 Å². The number of hydrogen-bond donors (Lipinski definition) is 0. The summed E-state index contributed by atoms with van der Waals surface area (Å²) in [5.74, 6) is 0. The second-order valence-corrected chi connectivity index (χ2v) is 6.20. The van der Waals surface area contributed by atoms with Crippen LogP contribution in [0.3, 0.4) is 0 Å². The zero-order chi connectivity index (χ0) is 14.5. The molecular formula is C15H14ClNO2S. The first-order valence-electron chi connectivity index (χ1n) is 6.15. The fourth-order valence-corrected chi connectivity index (χ4v) is 3.04. The minimum absolute atomic E-state index is 0.101. The maximum atomic E-state index is 10.9. The van der Waals surface area contributed by atoms with Gasteiger partial charge in [0.2, 0.25) is 6.54 Å². The zero-order valence-electron chi connectivity index (χ0n) is 11.0. The largest absolute Gasteiger partial charge is 0.264 e. The molecule has 0 aliphatic carbocycles. The highest BCUT2D eigenvalue weighted by Gasteiger charge is 2.19. The van der Waals surface area contributed by atoms with E-state index in [1.165, 1.54) is 11.8 Å². The van der Waals surface area contributed by atoms with Gasteiger partial charge in [-0.25, -0.2) is 0 Å². The summed E-state index contributed by atoms with van der Waals surface area (Å²) in [6, 6.07) is 15.2. The van der Waals surface area contributed by atoms with Gasteiger partial charge in [0.05, 0.1) is 5.25 Å². The molecule has 2 aromatic rings. The third-order valence-corrected chi connectivity index (χ3v) is 4.36. The van der Waals surface area contributed by atoms with Crippen molar-refractivity contribution in [2.45, 2.75) is 17.1 Å². The molecular weight excluding hydrogens is 294 g/mol. The zero-order valence-corrected chi connectivity index (χ0v) is 12.5. The van der Waals surface area contributed by atoms with E-state index in [9.17, 15) is 10.1 Å². The monoisotopic (exact) mass is 307 g/mol. The molecule has 2 rings (SSSR count). The van der Waals surface area contributed by atoms with E-state index in [1.807, 2.05) is 43.3 Å². The Labute approximate surface area is 127 Å². The second kappa shape index (κ2) is 6.77. The fraction of sp³-hybridized carbons (Fsp3) is 0.200. The number of rotatable bonds is 5. The predicted octanol–water partition coefficient (Wildman–Crippen LogP) is 4.76. The Kier molecular flexibility index (Phi) is 5.04. The van der Waals surface area contributed by atoms with Crippen LogP contribution in [0.15, 0.2) is 53.4 Å². The van der Waals surface area contributed by atoms with Crippen LogP contribution in [0.5, 0.6) is 0 Å². The van der Waals surface area contributed by atoms with Gasteiger partial charge >= 0.3 is 0 Å². The molecule has 0 saturated carbocycles. The highest BCUT2D eigenvalue weighted by molar-refractivity contribution is 7.99.